The minimum atomic E-state index is -0.278. The molecule has 2 N–H and O–H groups in total. The van der Waals surface area contributed by atoms with Crippen LogP contribution >= 0.6 is 122 Å². The summed E-state index contributed by atoms with van der Waals surface area (Å²) < 4.78 is 41.2. The Hall–Kier alpha value is -10.5. The van der Waals surface area contributed by atoms with Gasteiger partial charge in [-0.05, 0) is 198 Å². The van der Waals surface area contributed by atoms with Crippen molar-refractivity contribution in [1.29, 1.82) is 5.26 Å². The number of halogens is 6. The van der Waals surface area contributed by atoms with Crippen molar-refractivity contribution >= 4 is 177 Å². The Morgan fingerprint density at radius 1 is 0.296 bits per heavy atom. The number of para-hydroxylation sites is 5. The van der Waals surface area contributed by atoms with Gasteiger partial charge in [-0.3, -0.25) is 4.98 Å². The van der Waals surface area contributed by atoms with Crippen LogP contribution in [0.5, 0.6) is 40.2 Å². The minimum Gasteiger partial charge on any atom is -0.489 e. The SMILES string of the molecule is C.C.C.CI.Cc1ccc(OCc2ccc3ccccc3n2)cc1.Cc1ccc2ccccc2n1.N#CCc1ccccc1COc1ccc(OCc2ccc3ccccc3n2)cc1.[I][V]([I])[I].[I][V][I].c1ccc(Cc2nn[nH]n2)c(COc2ccc(OCc3ccc4ccccc4n3)cc2)c1.c1ccc(Cc2nn[nH]n2)c(COc2ccc(OCc3ccc4ccccc4n3)cc2)c1. The predicted molar refractivity (Wildman–Crippen MR) is 587 cm³/mol. The summed E-state index contributed by atoms with van der Waals surface area (Å²) in [5, 5.41) is 43.0. The molecule has 12 aromatic carbocycles. The van der Waals surface area contributed by atoms with Crippen molar-refractivity contribution in [2.45, 2.75) is 102 Å². The van der Waals surface area contributed by atoms with Crippen LogP contribution in [0.4, 0.5) is 0 Å². The molecular weight excluding hydrogens is 2440 g/mol. The van der Waals surface area contributed by atoms with Crippen molar-refractivity contribution in [1.82, 2.24) is 66.2 Å². The first-order chi connectivity index (χ1) is 64.8. The number of nitrogens with zero attached hydrogens (tertiary/aromatic N) is 12. The number of hydrogen-bond donors (Lipinski definition) is 2. The number of hydrogen-bond acceptors (Lipinski definition) is 19. The Balaban J connectivity index is 0.000000189. The fourth-order valence-electron chi connectivity index (χ4n) is 13.1. The van der Waals surface area contributed by atoms with E-state index in [1.807, 2.05) is 309 Å². The summed E-state index contributed by atoms with van der Waals surface area (Å²) in [5.74, 6) is 6.78. The van der Waals surface area contributed by atoms with Crippen molar-refractivity contribution in [2.24, 2.45) is 0 Å². The molecule has 19 aromatic rings. The molecular formula is C106H101I6N14O7V2. The number of fused-ring (bicyclic) bond motifs is 5. The first-order valence-corrected chi connectivity index (χ1v) is 66.1. The summed E-state index contributed by atoms with van der Waals surface area (Å²) in [5.41, 5.74) is 17.3. The van der Waals surface area contributed by atoms with Crippen LogP contribution in [0.2, 0.25) is 0 Å². The maximum atomic E-state index is 8.94. The van der Waals surface area contributed by atoms with E-state index in [-0.39, 0.29) is 27.2 Å². The molecule has 0 radical (unpaired) electrons. The molecule has 0 amide bonds. The summed E-state index contributed by atoms with van der Waals surface area (Å²) in [7, 11) is 0.628. The second-order valence-electron chi connectivity index (χ2n) is 28.8. The molecule has 21 nitrogen and oxygen atoms in total. The third-order valence-corrected chi connectivity index (χ3v) is 19.7. The smallest absolute Gasteiger partial charge is 0.178 e. The standard InChI is InChI=1S/2C25H21N5O2.C25H20N2O2.C17H15NO.C10H9N.CH3I.3CH4.5HI.2V/c2*1-2-7-20(19(6-1)15-25-27-29-30-28-25)16-31-22-11-13-23(14-12-22)32-17-21-10-9-18-5-3-4-8-24(18)26-21;26-16-15-19-5-1-2-7-21(19)17-28-23-11-13-24(14-12-23)29-18-22-10-9-20-6-3-4-8-25(20)27-22;1-13-6-10-16(11-7-13)19-12-15-9-8-14-4-2-3-5-17(14)18-15;1-8-6-7-9-4-2-3-5-10(9)11-8;1-2;;;;;;;;;;/h2*1-14H,15-17H2,(H,27,28,29,30);1-14H,15,17-18H2;2-11H,12H2,1H3;2-7H,1H3;1H3;3*1H4;5*1H;;/q;;;;;;;;;;;;;;+2;+3/p-5. The van der Waals surface area contributed by atoms with Gasteiger partial charge in [0.2, 0.25) is 0 Å². The molecule has 7 aromatic heterocycles. The zero-order valence-corrected chi connectivity index (χ0v) is 87.7. The van der Waals surface area contributed by atoms with Crippen LogP contribution in [0.15, 0.2) is 352 Å². The molecule has 0 atom stereocenters. The van der Waals surface area contributed by atoms with Crippen molar-refractivity contribution < 1.29 is 47.5 Å². The molecule has 19 rings (SSSR count). The first kappa shape index (κ1) is 108. The molecule has 135 heavy (non-hydrogen) atoms. The number of aromatic amines is 2. The zero-order chi connectivity index (χ0) is 92.1. The van der Waals surface area contributed by atoms with Gasteiger partial charge in [-0.1, -0.05) is 267 Å². The van der Waals surface area contributed by atoms with Crippen LogP contribution in [-0.4, -0.2) is 71.1 Å². The van der Waals surface area contributed by atoms with E-state index in [0.29, 0.717) is 86.6 Å². The summed E-state index contributed by atoms with van der Waals surface area (Å²) in [6, 6.07) is 118. The van der Waals surface area contributed by atoms with Gasteiger partial charge < -0.3 is 33.2 Å². The number of aromatic nitrogens is 13. The van der Waals surface area contributed by atoms with E-state index in [2.05, 4.69) is 256 Å². The molecule has 7 heterocycles. The molecule has 0 aliphatic carbocycles. The van der Waals surface area contributed by atoms with Gasteiger partial charge in [-0.15, -0.1) is 20.4 Å². The summed E-state index contributed by atoms with van der Waals surface area (Å²) in [6.07, 6.45) is 1.59. The molecule has 0 unspecified atom stereocenters. The van der Waals surface area contributed by atoms with Crippen LogP contribution in [-0.2, 0) is 79.9 Å². The maximum Gasteiger partial charge on any atom is 0.178 e. The second kappa shape index (κ2) is 60.1. The van der Waals surface area contributed by atoms with Gasteiger partial charge in [0.15, 0.2) is 11.6 Å². The third kappa shape index (κ3) is 36.8. The van der Waals surface area contributed by atoms with Gasteiger partial charge in [0, 0.05) is 45.5 Å². The topological polar surface area (TPSA) is 262 Å². The normalized spacial score (nSPS) is 10.1. The van der Waals surface area contributed by atoms with Gasteiger partial charge in [0.1, 0.15) is 86.5 Å². The Morgan fingerprint density at radius 2 is 0.526 bits per heavy atom. The second-order valence-corrected chi connectivity index (χ2v) is 75.9. The van der Waals surface area contributed by atoms with Gasteiger partial charge in [0.05, 0.1) is 62.8 Å². The van der Waals surface area contributed by atoms with E-state index >= 15 is 0 Å². The van der Waals surface area contributed by atoms with Crippen LogP contribution in [0.1, 0.15) is 101 Å². The van der Waals surface area contributed by atoms with Gasteiger partial charge in [-0.2, -0.15) is 15.7 Å². The fraction of sp³-hybridized carbons (Fsp3) is 0.151. The molecule has 0 aliphatic rings. The third-order valence-electron chi connectivity index (χ3n) is 19.7. The average molecular weight is 2550 g/mol. The molecule has 0 fully saturated rings. The van der Waals surface area contributed by atoms with Crippen molar-refractivity contribution in [2.75, 3.05) is 4.93 Å². The number of benzene rings is 12. The summed E-state index contributed by atoms with van der Waals surface area (Å²) in [6.45, 7) is 7.13. The van der Waals surface area contributed by atoms with E-state index < -0.39 is 0 Å². The summed E-state index contributed by atoms with van der Waals surface area (Å²) >= 11 is 14.3. The molecule has 29 heteroatoms. The van der Waals surface area contributed by atoms with Crippen LogP contribution < -0.4 is 33.2 Å². The predicted octanol–water partition coefficient (Wildman–Crippen LogP) is 28.5. The van der Waals surface area contributed by atoms with E-state index in [1.165, 1.54) is 10.9 Å². The number of H-pyrrole nitrogens is 2. The number of rotatable bonds is 26. The van der Waals surface area contributed by atoms with Crippen LogP contribution in [0.25, 0.3) is 54.5 Å². The first-order valence-electron chi connectivity index (χ1n) is 41.4. The Morgan fingerprint density at radius 3 is 0.800 bits per heavy atom. The largest absolute Gasteiger partial charge is 0.489 e. The van der Waals surface area contributed by atoms with E-state index in [9.17, 15) is 0 Å². The number of ether oxygens (including phenoxy) is 7. The molecule has 0 spiro atoms. The van der Waals surface area contributed by atoms with Gasteiger partial charge in [0.25, 0.3) is 0 Å². The molecule has 0 saturated heterocycles. The number of nitriles is 1. The quantitative estimate of drug-likeness (QED) is 0.0377. The van der Waals surface area contributed by atoms with E-state index in [4.69, 9.17) is 38.4 Å². The van der Waals surface area contributed by atoms with Gasteiger partial charge in [-0.25, -0.2) is 19.9 Å². The maximum absolute atomic E-state index is 8.94. The van der Waals surface area contributed by atoms with Crippen LogP contribution in [0, 0.1) is 25.2 Å². The minimum absolute atomic E-state index is 0. The molecule has 689 valence electrons. The van der Waals surface area contributed by atoms with E-state index in [0.717, 1.165) is 151 Å². The number of alkyl halides is 1. The zero-order valence-electron chi connectivity index (χ0n) is 71.9. The average Bonchev–Trinajstić information content (AvgIpc) is 1.30. The number of pyridine rings is 5. The number of tetrazole rings is 2. The van der Waals surface area contributed by atoms with Crippen molar-refractivity contribution in [3.63, 3.8) is 0 Å². The molecule has 0 saturated carbocycles. The Kier molecular flexibility index (Phi) is 48.2. The summed E-state index contributed by atoms with van der Waals surface area (Å²) in [4.78, 5) is 24.6. The number of aryl methyl sites for hydroxylation is 2. The van der Waals surface area contributed by atoms with E-state index in [1.54, 1.807) is 0 Å². The van der Waals surface area contributed by atoms with Crippen molar-refractivity contribution in [3.05, 3.63) is 431 Å². The monoisotopic (exact) mass is 2550 g/mol. The molecule has 0 bridgehead atoms. The van der Waals surface area contributed by atoms with Crippen molar-refractivity contribution in [3.8, 4) is 46.3 Å². The van der Waals surface area contributed by atoms with Crippen LogP contribution in [0.3, 0.4) is 0 Å². The Bertz CT molecular complexity index is 6540. The fourth-order valence-corrected chi connectivity index (χ4v) is 13.1. The molecule has 0 aliphatic heterocycles. The number of nitrogens with one attached hydrogen (secondary N) is 2. The van der Waals surface area contributed by atoms with Gasteiger partial charge >= 0.3 is 114 Å². The Labute approximate surface area is 869 Å².